The van der Waals surface area contributed by atoms with Gasteiger partial charge in [0.1, 0.15) is 12.4 Å². The topological polar surface area (TPSA) is 46.6 Å². The third kappa shape index (κ3) is 5.44. The Hall–Kier alpha value is -2.54. The lowest BCUT2D eigenvalue weighted by atomic mass is 10.1. The first-order valence-electron chi connectivity index (χ1n) is 9.87. The fraction of sp³-hybridized carbons (Fsp3) is 0.120. The molecule has 162 valence electrons. The van der Waals surface area contributed by atoms with Crippen molar-refractivity contribution in [1.29, 1.82) is 0 Å². The molecule has 0 atom stereocenters. The second-order valence-corrected chi connectivity index (χ2v) is 9.64. The number of hydrogen-bond donors (Lipinski definition) is 0. The van der Waals surface area contributed by atoms with Crippen LogP contribution in [0.25, 0.3) is 6.08 Å². The maximum absolute atomic E-state index is 12.8. The molecule has 0 N–H and O–H groups in total. The third-order valence-corrected chi connectivity index (χ3v) is 6.68. The molecule has 0 aromatic heterocycles. The molecule has 4 rings (SSSR count). The molecule has 0 saturated carbocycles. The molecule has 0 bridgehead atoms. The highest BCUT2D eigenvalue weighted by Gasteiger charge is 2.34. The molecule has 0 aliphatic carbocycles. The van der Waals surface area contributed by atoms with Crippen LogP contribution in [-0.4, -0.2) is 16.0 Å². The Morgan fingerprint density at radius 2 is 1.69 bits per heavy atom. The zero-order chi connectivity index (χ0) is 22.7. The van der Waals surface area contributed by atoms with Crippen molar-refractivity contribution in [3.8, 4) is 5.75 Å². The van der Waals surface area contributed by atoms with Crippen molar-refractivity contribution in [3.63, 3.8) is 0 Å². The van der Waals surface area contributed by atoms with E-state index >= 15 is 0 Å². The van der Waals surface area contributed by atoms with Crippen molar-refractivity contribution in [1.82, 2.24) is 4.90 Å². The van der Waals surface area contributed by atoms with Crippen molar-refractivity contribution in [2.45, 2.75) is 20.1 Å². The third-order valence-electron chi connectivity index (χ3n) is 4.90. The molecule has 1 heterocycles. The largest absolute Gasteiger partial charge is 0.488 e. The average molecular weight is 529 g/mol. The lowest BCUT2D eigenvalue weighted by molar-refractivity contribution is -0.123. The van der Waals surface area contributed by atoms with E-state index in [1.54, 1.807) is 6.08 Å². The van der Waals surface area contributed by atoms with Crippen molar-refractivity contribution in [2.75, 3.05) is 0 Å². The second-order valence-electron chi connectivity index (χ2n) is 7.36. The van der Waals surface area contributed by atoms with Crippen molar-refractivity contribution >= 4 is 56.5 Å². The van der Waals surface area contributed by atoms with Gasteiger partial charge in [0.05, 0.1) is 15.9 Å². The summed E-state index contributed by atoms with van der Waals surface area (Å²) in [5.41, 5.74) is 3.86. The highest BCUT2D eigenvalue weighted by Crippen LogP contribution is 2.35. The minimum atomic E-state index is -0.278. The van der Waals surface area contributed by atoms with E-state index in [4.69, 9.17) is 16.3 Å². The second kappa shape index (κ2) is 9.94. The standard InChI is InChI=1S/C25H19BrClNO3S/c1-16-2-4-17(5-3-16)14-28-24(29)23(32-25(28)30)13-19-8-11-22(21(26)12-19)31-15-18-6-9-20(27)10-7-18/h2-13H,14-15H2,1H3/b23-13-. The molecule has 1 saturated heterocycles. The number of benzene rings is 3. The molecule has 0 radical (unpaired) electrons. The van der Waals surface area contributed by atoms with Gasteiger partial charge in [0.15, 0.2) is 0 Å². The molecular weight excluding hydrogens is 510 g/mol. The summed E-state index contributed by atoms with van der Waals surface area (Å²) in [6, 6.07) is 20.8. The Labute approximate surface area is 204 Å². The first-order valence-corrected chi connectivity index (χ1v) is 11.9. The summed E-state index contributed by atoms with van der Waals surface area (Å²) in [6.45, 7) is 2.68. The number of aryl methyl sites for hydroxylation is 1. The Balaban J connectivity index is 1.44. The SMILES string of the molecule is Cc1ccc(CN2C(=O)S/C(=C\c3ccc(OCc4ccc(Cl)cc4)c(Br)c3)C2=O)cc1. The zero-order valence-electron chi connectivity index (χ0n) is 17.2. The lowest BCUT2D eigenvalue weighted by Crippen LogP contribution is -2.27. The maximum Gasteiger partial charge on any atom is 0.293 e. The predicted molar refractivity (Wildman–Crippen MR) is 133 cm³/mol. The molecule has 3 aromatic carbocycles. The number of imide groups is 1. The van der Waals surface area contributed by atoms with Crippen molar-refractivity contribution < 1.29 is 14.3 Å². The van der Waals surface area contributed by atoms with Crippen LogP contribution in [-0.2, 0) is 17.9 Å². The maximum atomic E-state index is 12.8. The van der Waals surface area contributed by atoms with Crippen LogP contribution in [0.1, 0.15) is 22.3 Å². The summed E-state index contributed by atoms with van der Waals surface area (Å²) in [6.07, 6.45) is 1.73. The van der Waals surface area contributed by atoms with Gasteiger partial charge in [-0.3, -0.25) is 14.5 Å². The molecule has 0 unspecified atom stereocenters. The number of carbonyl (C=O) groups excluding carboxylic acids is 2. The van der Waals surface area contributed by atoms with Gasteiger partial charge in [-0.15, -0.1) is 0 Å². The smallest absolute Gasteiger partial charge is 0.293 e. The predicted octanol–water partition coefficient (Wildman–Crippen LogP) is 7.23. The molecule has 7 heteroatoms. The summed E-state index contributed by atoms with van der Waals surface area (Å²) >= 11 is 10.4. The minimum absolute atomic E-state index is 0.260. The van der Waals surface area contributed by atoms with Gasteiger partial charge >= 0.3 is 0 Å². The van der Waals surface area contributed by atoms with E-state index in [0.717, 1.165) is 38.5 Å². The fourth-order valence-electron chi connectivity index (χ4n) is 3.13. The van der Waals surface area contributed by atoms with Crippen molar-refractivity contribution in [2.24, 2.45) is 0 Å². The van der Waals surface area contributed by atoms with E-state index in [2.05, 4.69) is 15.9 Å². The lowest BCUT2D eigenvalue weighted by Gasteiger charge is -2.12. The van der Waals surface area contributed by atoms with Gasteiger partial charge in [-0.05, 0) is 81.6 Å². The van der Waals surface area contributed by atoms with Crippen LogP contribution in [0.15, 0.2) is 76.1 Å². The van der Waals surface area contributed by atoms with Gasteiger partial charge in [-0.25, -0.2) is 0 Å². The highest BCUT2D eigenvalue weighted by atomic mass is 79.9. The van der Waals surface area contributed by atoms with E-state index in [1.165, 1.54) is 4.90 Å². The molecule has 0 spiro atoms. The molecule has 2 amide bonds. The Bertz CT molecular complexity index is 1190. The number of ether oxygens (including phenoxy) is 1. The molecule has 1 aliphatic heterocycles. The highest BCUT2D eigenvalue weighted by molar-refractivity contribution is 9.10. The van der Waals surface area contributed by atoms with Crippen LogP contribution in [0.2, 0.25) is 5.02 Å². The minimum Gasteiger partial charge on any atom is -0.488 e. The van der Waals surface area contributed by atoms with Gasteiger partial charge in [0.2, 0.25) is 0 Å². The van der Waals surface area contributed by atoms with Gasteiger partial charge < -0.3 is 4.74 Å². The fourth-order valence-corrected chi connectivity index (χ4v) is 4.60. The summed E-state index contributed by atoms with van der Waals surface area (Å²) in [4.78, 5) is 26.9. The quantitative estimate of drug-likeness (QED) is 0.317. The van der Waals surface area contributed by atoms with Crippen LogP contribution in [0, 0.1) is 6.92 Å². The van der Waals surface area contributed by atoms with Gasteiger partial charge in [-0.2, -0.15) is 0 Å². The monoisotopic (exact) mass is 527 g/mol. The van der Waals surface area contributed by atoms with E-state index < -0.39 is 0 Å². The first kappa shape index (κ1) is 22.6. The summed E-state index contributed by atoms with van der Waals surface area (Å²) in [5.74, 6) is 0.407. The summed E-state index contributed by atoms with van der Waals surface area (Å²) < 4.78 is 6.64. The number of thioether (sulfide) groups is 1. The Kier molecular flexibility index (Phi) is 7.04. The van der Waals surface area contributed by atoms with Crippen LogP contribution in [0.5, 0.6) is 5.75 Å². The summed E-state index contributed by atoms with van der Waals surface area (Å²) in [5, 5.41) is 0.423. The van der Waals surface area contributed by atoms with Crippen LogP contribution < -0.4 is 4.74 Å². The van der Waals surface area contributed by atoms with Crippen LogP contribution in [0.4, 0.5) is 4.79 Å². The summed E-state index contributed by atoms with van der Waals surface area (Å²) in [7, 11) is 0. The normalized spacial score (nSPS) is 15.0. The Morgan fingerprint density at radius 3 is 2.38 bits per heavy atom. The van der Waals surface area contributed by atoms with E-state index in [1.807, 2.05) is 73.7 Å². The van der Waals surface area contributed by atoms with E-state index in [-0.39, 0.29) is 17.7 Å². The molecule has 1 fully saturated rings. The number of amides is 2. The zero-order valence-corrected chi connectivity index (χ0v) is 20.3. The number of halogens is 2. The molecular formula is C25H19BrClNO3S. The number of carbonyl (C=O) groups is 2. The number of nitrogens with zero attached hydrogens (tertiary/aromatic N) is 1. The first-order chi connectivity index (χ1) is 15.4. The molecule has 3 aromatic rings. The molecule has 4 nitrogen and oxygen atoms in total. The van der Waals surface area contributed by atoms with Gasteiger partial charge in [0.25, 0.3) is 11.1 Å². The van der Waals surface area contributed by atoms with E-state index in [0.29, 0.717) is 22.3 Å². The van der Waals surface area contributed by atoms with Crippen LogP contribution >= 0.6 is 39.3 Å². The Morgan fingerprint density at radius 1 is 1.00 bits per heavy atom. The van der Waals surface area contributed by atoms with Gasteiger partial charge in [0, 0.05) is 5.02 Å². The molecule has 1 aliphatic rings. The molecule has 32 heavy (non-hydrogen) atoms. The van der Waals surface area contributed by atoms with E-state index in [9.17, 15) is 9.59 Å². The van der Waals surface area contributed by atoms with Crippen LogP contribution in [0.3, 0.4) is 0 Å². The number of rotatable bonds is 6. The van der Waals surface area contributed by atoms with Gasteiger partial charge in [-0.1, -0.05) is 59.6 Å². The van der Waals surface area contributed by atoms with Crippen molar-refractivity contribution in [3.05, 3.63) is 103 Å². The number of hydrogen-bond acceptors (Lipinski definition) is 4. The average Bonchev–Trinajstić information content (AvgIpc) is 3.03.